The topological polar surface area (TPSA) is 223 Å². The molecule has 11 aromatic carbocycles. The van der Waals surface area contributed by atoms with Crippen molar-refractivity contribution in [3.05, 3.63) is 328 Å². The van der Waals surface area contributed by atoms with Crippen LogP contribution in [0.15, 0.2) is 261 Å². The first-order valence-electron chi connectivity index (χ1n) is 31.6. The van der Waals surface area contributed by atoms with Crippen LogP contribution in [0.25, 0.3) is 0 Å². The molecule has 504 valence electrons. The lowest BCUT2D eigenvalue weighted by atomic mass is 10.1. The number of hydrogen-bond acceptors (Lipinski definition) is 11. The summed E-state index contributed by atoms with van der Waals surface area (Å²) in [4.78, 5) is 0. The lowest BCUT2D eigenvalue weighted by Crippen LogP contribution is -1.82. The van der Waals surface area contributed by atoms with Crippen molar-refractivity contribution in [3.8, 4) is 63.2 Å². The second-order valence-electron chi connectivity index (χ2n) is 22.1. The van der Waals surface area contributed by atoms with Crippen LogP contribution in [-0.2, 0) is 19.3 Å². The summed E-state index contributed by atoms with van der Waals surface area (Å²) in [6.45, 7) is 23.9. The minimum absolute atomic E-state index is 0.322. The molecule has 0 unspecified atom stereocenters. The first-order valence-corrected chi connectivity index (χ1v) is 31.6. The summed E-state index contributed by atoms with van der Waals surface area (Å²) in [6.07, 6.45) is 6.85. The van der Waals surface area contributed by atoms with Crippen LogP contribution in [0.4, 0.5) is 0 Å². The largest absolute Gasteiger partial charge is 0.508 e. The van der Waals surface area contributed by atoms with E-state index in [1.54, 1.807) is 133 Å². The summed E-state index contributed by atoms with van der Waals surface area (Å²) in [5.41, 5.74) is 13.4. The number of unbranched alkanes of at least 4 members (excludes halogenated alkanes) is 1. The summed E-state index contributed by atoms with van der Waals surface area (Å²) < 4.78 is 0. The van der Waals surface area contributed by atoms with Crippen molar-refractivity contribution in [2.75, 3.05) is 0 Å². The standard InChI is InChI=1S/C10H14O.C9H12O.4C8H10O.3C7H8O.2C6H6O/c1-2-3-4-9-5-7-10(11)8-6-9;1-2-3-8-4-6-9(10)7-5-8;1-6-3-4-8(9)5-7(6)2;1-6-3-4-8(9)7(2)5-6;1-6-4-3-5-7(2)8(6)9;1-2-7-3-5-8(9)6-4-7;1-6-2-4-7(8)5-3-6;1-6-3-2-4-7(8)5-6;1-6-4-2-3-5-7(6)8;2*7-6-4-2-1-3-5-6/h5-8,11H,2-4H2,1H3;4-7,10H,2-3H2,1H3;3*3-5,9H,1-2H3;3-6,9H,2H2,1H3;3*2-5,8H,1H3;2*1-5,7H. The maximum Gasteiger partial charge on any atom is 0.121 e. The van der Waals surface area contributed by atoms with Crippen molar-refractivity contribution in [3.63, 3.8) is 0 Å². The Kier molecular flexibility index (Phi) is 42.4. The van der Waals surface area contributed by atoms with E-state index in [-0.39, 0.29) is 0 Å². The van der Waals surface area contributed by atoms with Gasteiger partial charge in [-0.05, 0) is 253 Å². The van der Waals surface area contributed by atoms with Crippen LogP contribution in [0, 0.1) is 62.3 Å². The molecule has 0 aliphatic rings. The van der Waals surface area contributed by atoms with E-state index in [0.717, 1.165) is 59.1 Å². The number of para-hydroxylation sites is 4. The fraction of sp³-hybridized carbons (Fsp3) is 0.214. The number of hydrogen-bond donors (Lipinski definition) is 11. The smallest absolute Gasteiger partial charge is 0.121 e. The normalized spacial score (nSPS) is 9.35. The molecular formula is C84H102O11. The van der Waals surface area contributed by atoms with Crippen LogP contribution in [0.5, 0.6) is 63.2 Å². The summed E-state index contributed by atoms with van der Waals surface area (Å²) in [7, 11) is 0. The first-order chi connectivity index (χ1) is 45.3. The van der Waals surface area contributed by atoms with E-state index in [9.17, 15) is 5.11 Å². The highest BCUT2D eigenvalue weighted by Crippen LogP contribution is 2.21. The molecule has 0 aliphatic heterocycles. The zero-order valence-electron chi connectivity index (χ0n) is 57.5. The van der Waals surface area contributed by atoms with E-state index in [1.807, 2.05) is 190 Å². The molecule has 11 heteroatoms. The Morgan fingerprint density at radius 3 is 0.905 bits per heavy atom. The number of phenolic OH excluding ortho intramolecular Hbond substituents is 11. The van der Waals surface area contributed by atoms with Gasteiger partial charge in [-0.1, -0.05) is 196 Å². The maximum atomic E-state index is 9.21. The summed E-state index contributed by atoms with van der Waals surface area (Å²) in [6, 6.07) is 77.6. The van der Waals surface area contributed by atoms with Gasteiger partial charge in [0.25, 0.3) is 0 Å². The van der Waals surface area contributed by atoms with Crippen LogP contribution >= 0.6 is 0 Å². The molecule has 0 heterocycles. The molecule has 11 N–H and O–H groups in total. The van der Waals surface area contributed by atoms with Crippen molar-refractivity contribution in [2.45, 2.75) is 122 Å². The second-order valence-corrected chi connectivity index (χ2v) is 22.1. The highest BCUT2D eigenvalue weighted by Gasteiger charge is 1.97. The van der Waals surface area contributed by atoms with E-state index in [0.29, 0.717) is 63.2 Å². The Hall–Kier alpha value is -10.8. The van der Waals surface area contributed by atoms with Gasteiger partial charge in [0, 0.05) is 0 Å². The fourth-order valence-electron chi connectivity index (χ4n) is 7.66. The zero-order chi connectivity index (χ0) is 70.9. The SMILES string of the molecule is CCCCc1ccc(O)cc1.CCCc1ccc(O)cc1.CCc1ccc(O)cc1.Cc1ccc(O)c(C)c1.Cc1ccc(O)cc1.Cc1ccc(O)cc1C.Cc1cccc(C)c1O.Cc1cccc(O)c1.Cc1ccccc1O.Oc1ccccc1.Oc1ccccc1. The van der Waals surface area contributed by atoms with Crippen molar-refractivity contribution in [2.24, 2.45) is 0 Å². The summed E-state index contributed by atoms with van der Waals surface area (Å²) in [5.74, 6) is 3.85. The Bertz CT molecular complexity index is 3560. The van der Waals surface area contributed by atoms with Gasteiger partial charge < -0.3 is 56.2 Å². The Labute approximate surface area is 565 Å². The molecule has 11 nitrogen and oxygen atoms in total. The minimum Gasteiger partial charge on any atom is -0.508 e. The maximum absolute atomic E-state index is 9.21. The monoisotopic (exact) mass is 1290 g/mol. The van der Waals surface area contributed by atoms with E-state index in [2.05, 4.69) is 20.8 Å². The third kappa shape index (κ3) is 41.4. The van der Waals surface area contributed by atoms with E-state index < -0.39 is 0 Å². The van der Waals surface area contributed by atoms with Gasteiger partial charge in [-0.25, -0.2) is 0 Å². The molecule has 11 rings (SSSR count). The zero-order valence-corrected chi connectivity index (χ0v) is 57.5. The summed E-state index contributed by atoms with van der Waals surface area (Å²) >= 11 is 0. The molecule has 0 amide bonds. The highest BCUT2D eigenvalue weighted by atomic mass is 16.3. The van der Waals surface area contributed by atoms with Crippen molar-refractivity contribution in [1.29, 1.82) is 0 Å². The van der Waals surface area contributed by atoms with Gasteiger partial charge in [0.15, 0.2) is 0 Å². The van der Waals surface area contributed by atoms with Crippen LogP contribution in [0.1, 0.15) is 107 Å². The Morgan fingerprint density at radius 2 is 0.579 bits per heavy atom. The van der Waals surface area contributed by atoms with Gasteiger partial charge >= 0.3 is 0 Å². The van der Waals surface area contributed by atoms with E-state index in [1.165, 1.54) is 46.2 Å². The summed E-state index contributed by atoms with van der Waals surface area (Å²) in [5, 5.41) is 97.7. The van der Waals surface area contributed by atoms with Gasteiger partial charge in [-0.15, -0.1) is 0 Å². The number of aryl methyl sites for hydroxylation is 12. The minimum atomic E-state index is 0.322. The lowest BCUT2D eigenvalue weighted by Gasteiger charge is -1.99. The third-order valence-electron chi connectivity index (χ3n) is 13.5. The van der Waals surface area contributed by atoms with Gasteiger partial charge in [-0.3, -0.25) is 0 Å². The van der Waals surface area contributed by atoms with Gasteiger partial charge in [0.2, 0.25) is 0 Å². The fourth-order valence-corrected chi connectivity index (χ4v) is 7.66. The number of phenols is 11. The predicted octanol–water partition coefficient (Wildman–Crippen LogP) is 20.9. The van der Waals surface area contributed by atoms with Crippen LogP contribution in [-0.4, -0.2) is 56.2 Å². The molecule has 0 radical (unpaired) electrons. The highest BCUT2D eigenvalue weighted by molar-refractivity contribution is 5.39. The second kappa shape index (κ2) is 48.9. The molecule has 11 aromatic rings. The van der Waals surface area contributed by atoms with Crippen molar-refractivity contribution < 1.29 is 56.2 Å². The molecule has 95 heavy (non-hydrogen) atoms. The van der Waals surface area contributed by atoms with Crippen LogP contribution in [0.3, 0.4) is 0 Å². The van der Waals surface area contributed by atoms with Gasteiger partial charge in [0.05, 0.1) is 0 Å². The number of benzene rings is 11. The average Bonchev–Trinajstić information content (AvgIpc) is 2.55. The molecule has 0 bridgehead atoms. The molecule has 0 atom stereocenters. The lowest BCUT2D eigenvalue weighted by molar-refractivity contribution is 0.466. The number of aromatic hydroxyl groups is 11. The molecule has 0 saturated carbocycles. The first kappa shape index (κ1) is 82.2. The van der Waals surface area contributed by atoms with Crippen molar-refractivity contribution in [1.82, 2.24) is 0 Å². The van der Waals surface area contributed by atoms with Crippen LogP contribution < -0.4 is 0 Å². The third-order valence-corrected chi connectivity index (χ3v) is 13.5. The molecule has 0 spiro atoms. The Morgan fingerprint density at radius 1 is 0.221 bits per heavy atom. The molecule has 0 aliphatic carbocycles. The van der Waals surface area contributed by atoms with Crippen LogP contribution in [0.2, 0.25) is 0 Å². The van der Waals surface area contributed by atoms with Crippen molar-refractivity contribution >= 4 is 0 Å². The van der Waals surface area contributed by atoms with Gasteiger partial charge in [-0.2, -0.15) is 0 Å². The quantitative estimate of drug-likeness (QED) is 0.0752. The van der Waals surface area contributed by atoms with E-state index in [4.69, 9.17) is 51.1 Å². The van der Waals surface area contributed by atoms with Gasteiger partial charge in [0.1, 0.15) is 63.2 Å². The molecular weight excluding hydrogens is 1180 g/mol. The molecule has 0 saturated heterocycles. The average molecular weight is 1290 g/mol. The predicted molar refractivity (Wildman–Crippen MR) is 394 cm³/mol. The molecule has 0 fully saturated rings. The molecule has 0 aromatic heterocycles. The Balaban J connectivity index is 0.000000524. The van der Waals surface area contributed by atoms with E-state index >= 15 is 0 Å². The number of rotatable bonds is 6.